The lowest BCUT2D eigenvalue weighted by Gasteiger charge is -2.11. The summed E-state index contributed by atoms with van der Waals surface area (Å²) >= 11 is 0. The maximum Gasteiger partial charge on any atom is 0.245 e. The van der Waals surface area contributed by atoms with Crippen molar-refractivity contribution in [1.29, 1.82) is 0 Å². The van der Waals surface area contributed by atoms with Crippen LogP contribution in [0.3, 0.4) is 0 Å². The lowest BCUT2D eigenvalue weighted by atomic mass is 10.3. The number of nitrogens with zero attached hydrogens (tertiary/aromatic N) is 2. The molecule has 7 heteroatoms. The average Bonchev–Trinajstić information content (AvgIpc) is 2.59. The van der Waals surface area contributed by atoms with Crippen molar-refractivity contribution in [2.45, 2.75) is 31.2 Å². The molecule has 0 aliphatic rings. The van der Waals surface area contributed by atoms with E-state index in [9.17, 15) is 8.42 Å². The molecule has 3 N–H and O–H groups in total. The molecule has 86 valence electrons. The molecule has 0 amide bonds. The summed E-state index contributed by atoms with van der Waals surface area (Å²) in [6, 6.07) is 0.0887. The second-order valence-corrected chi connectivity index (χ2v) is 5.16. The molecule has 1 rings (SSSR count). The fraction of sp³-hybridized carbons (Fsp3) is 0.625. The molecule has 0 radical (unpaired) electrons. The summed E-state index contributed by atoms with van der Waals surface area (Å²) in [6.07, 6.45) is 2.11. The molecule has 0 aliphatic heterocycles. The Hall–Kier alpha value is -1.08. The van der Waals surface area contributed by atoms with Gasteiger partial charge in [-0.25, -0.2) is 17.8 Å². The fourth-order valence-electron chi connectivity index (χ4n) is 1.20. The SMILES string of the molecule is CCC(C)n1ncc(S(=O)(=O)NC)c1N. The molecule has 1 heterocycles. The third kappa shape index (κ3) is 2.13. The first-order valence-corrected chi connectivity index (χ1v) is 6.18. The lowest BCUT2D eigenvalue weighted by molar-refractivity contribution is 0.484. The van der Waals surface area contributed by atoms with Crippen molar-refractivity contribution in [3.8, 4) is 0 Å². The maximum atomic E-state index is 11.5. The van der Waals surface area contributed by atoms with E-state index in [1.54, 1.807) is 0 Å². The first-order chi connectivity index (χ1) is 6.94. The van der Waals surface area contributed by atoms with Crippen LogP contribution in [0.15, 0.2) is 11.1 Å². The number of hydrogen-bond donors (Lipinski definition) is 2. The van der Waals surface area contributed by atoms with E-state index in [-0.39, 0.29) is 16.8 Å². The molecule has 0 spiro atoms. The van der Waals surface area contributed by atoms with E-state index >= 15 is 0 Å². The molecule has 0 aliphatic carbocycles. The van der Waals surface area contributed by atoms with Gasteiger partial charge in [0.1, 0.15) is 10.7 Å². The van der Waals surface area contributed by atoms with Crippen molar-refractivity contribution < 1.29 is 8.42 Å². The van der Waals surface area contributed by atoms with E-state index in [1.165, 1.54) is 17.9 Å². The van der Waals surface area contributed by atoms with Crippen LogP contribution in [0.5, 0.6) is 0 Å². The molecule has 0 fully saturated rings. The number of sulfonamides is 1. The van der Waals surface area contributed by atoms with Gasteiger partial charge in [-0.1, -0.05) is 6.92 Å². The molecule has 1 aromatic rings. The minimum atomic E-state index is -3.51. The quantitative estimate of drug-likeness (QED) is 0.783. The van der Waals surface area contributed by atoms with Gasteiger partial charge >= 0.3 is 0 Å². The summed E-state index contributed by atoms with van der Waals surface area (Å²) in [7, 11) is -2.17. The number of nitrogen functional groups attached to an aromatic ring is 1. The molecule has 0 bridgehead atoms. The van der Waals surface area contributed by atoms with Gasteiger partial charge in [-0.15, -0.1) is 0 Å². The van der Waals surface area contributed by atoms with E-state index in [0.29, 0.717) is 0 Å². The first kappa shape index (κ1) is 12.0. The smallest absolute Gasteiger partial charge is 0.245 e. The van der Waals surface area contributed by atoms with E-state index in [1.807, 2.05) is 13.8 Å². The zero-order chi connectivity index (χ0) is 11.6. The van der Waals surface area contributed by atoms with E-state index in [2.05, 4.69) is 9.82 Å². The number of anilines is 1. The molecule has 1 unspecified atom stereocenters. The van der Waals surface area contributed by atoms with Gasteiger partial charge in [0, 0.05) is 0 Å². The van der Waals surface area contributed by atoms with E-state index in [0.717, 1.165) is 6.42 Å². The molecule has 6 nitrogen and oxygen atoms in total. The highest BCUT2D eigenvalue weighted by molar-refractivity contribution is 7.89. The van der Waals surface area contributed by atoms with E-state index < -0.39 is 10.0 Å². The second-order valence-electron chi connectivity index (χ2n) is 3.30. The molecule has 0 aromatic carbocycles. The largest absolute Gasteiger partial charge is 0.383 e. The molecule has 0 saturated heterocycles. The van der Waals surface area contributed by atoms with Crippen molar-refractivity contribution >= 4 is 15.8 Å². The summed E-state index contributed by atoms with van der Waals surface area (Å²) in [5.41, 5.74) is 5.72. The van der Waals surface area contributed by atoms with Gasteiger partial charge in [-0.2, -0.15) is 5.10 Å². The normalized spacial score (nSPS) is 14.1. The van der Waals surface area contributed by atoms with Crippen LogP contribution in [0, 0.1) is 0 Å². The van der Waals surface area contributed by atoms with Crippen LogP contribution in [0.1, 0.15) is 26.3 Å². The predicted molar refractivity (Wildman–Crippen MR) is 57.9 cm³/mol. The average molecular weight is 232 g/mol. The van der Waals surface area contributed by atoms with Gasteiger partial charge in [0.25, 0.3) is 0 Å². The highest BCUT2D eigenvalue weighted by atomic mass is 32.2. The molecule has 1 aromatic heterocycles. The Morgan fingerprint density at radius 3 is 2.73 bits per heavy atom. The van der Waals surface area contributed by atoms with Gasteiger partial charge in [0.05, 0.1) is 12.2 Å². The summed E-state index contributed by atoms with van der Waals surface area (Å²) in [6.45, 7) is 3.91. The summed E-state index contributed by atoms with van der Waals surface area (Å²) < 4.78 is 26.7. The number of rotatable bonds is 4. The maximum absolute atomic E-state index is 11.5. The molecular weight excluding hydrogens is 216 g/mol. The second kappa shape index (κ2) is 4.19. The van der Waals surface area contributed by atoms with Crippen LogP contribution in [0.4, 0.5) is 5.82 Å². The van der Waals surface area contributed by atoms with Crippen LogP contribution in [0.25, 0.3) is 0 Å². The number of aromatic nitrogens is 2. The lowest BCUT2D eigenvalue weighted by Crippen LogP contribution is -2.20. The predicted octanol–water partition coefficient (Wildman–Crippen LogP) is 0.344. The molecular formula is C8H16N4O2S. The standard InChI is InChI=1S/C8H16N4O2S/c1-4-6(2)12-8(9)7(5-11-12)15(13,14)10-3/h5-6,10H,4,9H2,1-3H3. The van der Waals surface area contributed by atoms with Crippen molar-refractivity contribution in [3.05, 3.63) is 6.20 Å². The topological polar surface area (TPSA) is 90.0 Å². The third-order valence-corrected chi connectivity index (χ3v) is 3.80. The van der Waals surface area contributed by atoms with Gasteiger partial charge in [0.15, 0.2) is 0 Å². The molecule has 0 saturated carbocycles. The Morgan fingerprint density at radius 2 is 2.27 bits per heavy atom. The van der Waals surface area contributed by atoms with E-state index in [4.69, 9.17) is 5.73 Å². The van der Waals surface area contributed by atoms with Crippen LogP contribution in [-0.4, -0.2) is 25.2 Å². The Kier molecular flexibility index (Phi) is 3.35. The first-order valence-electron chi connectivity index (χ1n) is 4.70. The minimum Gasteiger partial charge on any atom is -0.383 e. The highest BCUT2D eigenvalue weighted by Crippen LogP contribution is 2.21. The van der Waals surface area contributed by atoms with Crippen molar-refractivity contribution in [3.63, 3.8) is 0 Å². The Balaban J connectivity index is 3.21. The molecule has 15 heavy (non-hydrogen) atoms. The van der Waals surface area contributed by atoms with Crippen LogP contribution in [0.2, 0.25) is 0 Å². The van der Waals surface area contributed by atoms with Gasteiger partial charge in [-0.3, -0.25) is 0 Å². The zero-order valence-electron chi connectivity index (χ0n) is 9.06. The Morgan fingerprint density at radius 1 is 1.67 bits per heavy atom. The third-order valence-electron chi connectivity index (χ3n) is 2.37. The summed E-state index contributed by atoms with van der Waals surface area (Å²) in [5, 5.41) is 3.97. The molecule has 1 atom stereocenters. The summed E-state index contributed by atoms with van der Waals surface area (Å²) in [4.78, 5) is 0.0327. The zero-order valence-corrected chi connectivity index (χ0v) is 9.87. The van der Waals surface area contributed by atoms with Gasteiger partial charge in [0.2, 0.25) is 10.0 Å². The number of hydrogen-bond acceptors (Lipinski definition) is 4. The van der Waals surface area contributed by atoms with Gasteiger partial charge < -0.3 is 5.73 Å². The number of nitrogens with one attached hydrogen (secondary N) is 1. The van der Waals surface area contributed by atoms with Crippen molar-refractivity contribution in [2.24, 2.45) is 0 Å². The fourth-order valence-corrected chi connectivity index (χ4v) is 1.97. The number of nitrogens with two attached hydrogens (primary N) is 1. The van der Waals surface area contributed by atoms with Gasteiger partial charge in [-0.05, 0) is 20.4 Å². The van der Waals surface area contributed by atoms with Crippen LogP contribution >= 0.6 is 0 Å². The Bertz CT molecular complexity index is 437. The van der Waals surface area contributed by atoms with Crippen molar-refractivity contribution in [2.75, 3.05) is 12.8 Å². The minimum absolute atomic E-state index is 0.0327. The monoisotopic (exact) mass is 232 g/mol. The highest BCUT2D eigenvalue weighted by Gasteiger charge is 2.21. The van der Waals surface area contributed by atoms with Crippen LogP contribution in [-0.2, 0) is 10.0 Å². The summed E-state index contributed by atoms with van der Waals surface area (Å²) in [5.74, 6) is 0.179. The Labute approximate surface area is 89.5 Å². The van der Waals surface area contributed by atoms with Crippen molar-refractivity contribution in [1.82, 2.24) is 14.5 Å². The van der Waals surface area contributed by atoms with Crippen LogP contribution < -0.4 is 10.5 Å².